The normalized spacial score (nSPS) is 17.4. The Morgan fingerprint density at radius 3 is 0.754 bits per heavy atom. The van der Waals surface area contributed by atoms with E-state index in [9.17, 15) is 28.4 Å². The Morgan fingerprint density at radius 2 is 0.574 bits per heavy atom. The molecule has 0 fully saturated rings. The predicted molar refractivity (Wildman–Crippen MR) is 245 cm³/mol. The van der Waals surface area contributed by atoms with Crippen LogP contribution in [-0.4, -0.2) is 38.1 Å². The Hall–Kier alpha value is 1.68. The van der Waals surface area contributed by atoms with E-state index in [1.807, 2.05) is 0 Å². The summed E-state index contributed by atoms with van der Waals surface area (Å²) in [5, 5.41) is 0. The van der Waals surface area contributed by atoms with Crippen molar-refractivity contribution >= 4 is 23.5 Å². The van der Waals surface area contributed by atoms with Crippen LogP contribution in [0.5, 0.6) is 0 Å². The summed E-state index contributed by atoms with van der Waals surface area (Å²) in [6, 6.07) is 0. The zero-order valence-corrected chi connectivity index (χ0v) is 47.2. The molecule has 0 amide bonds. The summed E-state index contributed by atoms with van der Waals surface area (Å²) in [6.45, 7) is 25.1. The Kier molecular flexibility index (Phi) is 51.6. The van der Waals surface area contributed by atoms with E-state index in [-0.39, 0.29) is 79.0 Å². The summed E-state index contributed by atoms with van der Waals surface area (Å²) in [7, 11) is -12.4. The molecule has 16 heteroatoms. The summed E-state index contributed by atoms with van der Waals surface area (Å²) >= 11 is 0. The molecule has 0 aliphatic rings. The number of hydrogen-bond donors (Lipinski definition) is 0. The molecular weight excluding hydrogens is 970 g/mol. The Balaban J connectivity index is -0.000000396. The van der Waals surface area contributed by atoms with Crippen LogP contribution >= 0.6 is 23.5 Å². The van der Waals surface area contributed by atoms with Crippen molar-refractivity contribution in [2.24, 2.45) is 17.8 Å². The van der Waals surface area contributed by atoms with Crippen LogP contribution in [0, 0.1) is 58.6 Å². The molecule has 61 heavy (non-hydrogen) atoms. The second kappa shape index (κ2) is 45.5. The first-order chi connectivity index (χ1) is 28.3. The van der Waals surface area contributed by atoms with Crippen molar-refractivity contribution in [3.8, 4) is 0 Å². The van der Waals surface area contributed by atoms with Crippen LogP contribution in [-0.2, 0) is 40.8 Å². The number of unbranched alkanes of at least 4 members (excludes halogenated alkanes) is 9. The fraction of sp³-hybridized carbons (Fsp3) is 1.00. The topological polar surface area (TPSA) is 176 Å². The first-order valence-electron chi connectivity index (χ1n) is 24.3. The van der Waals surface area contributed by atoms with E-state index in [2.05, 4.69) is 62.3 Å². The van der Waals surface area contributed by atoms with Crippen LogP contribution in [0.15, 0.2) is 0 Å². The third kappa shape index (κ3) is 48.0. The van der Waals surface area contributed by atoms with Gasteiger partial charge in [0.05, 0.1) is 38.1 Å². The smallest absolute Gasteiger partial charge is 0.756 e. The molecule has 0 aromatic rings. The standard InChI is InChI=1S/3C15H33O4P.Nd/c3*1-5-8-10-11-14(4)19-20(16,17)18-13-15(7-3)12-9-6-2;/h3*14-15H,5-13H2,1-4H3,(H,16,17);/q;;;+3/p-3. The van der Waals surface area contributed by atoms with Gasteiger partial charge in [-0.1, -0.05) is 178 Å². The average Bonchev–Trinajstić information content (AvgIpc) is 3.18. The van der Waals surface area contributed by atoms with Crippen LogP contribution in [0.1, 0.15) is 237 Å². The van der Waals surface area contributed by atoms with Gasteiger partial charge in [0.1, 0.15) is 0 Å². The molecule has 9 unspecified atom stereocenters. The third-order valence-corrected chi connectivity index (χ3v) is 13.9. The summed E-state index contributed by atoms with van der Waals surface area (Å²) in [5.74, 6) is 0.906. The third-order valence-electron chi connectivity index (χ3n) is 10.6. The van der Waals surface area contributed by atoms with Gasteiger partial charge in [0.2, 0.25) is 0 Å². The van der Waals surface area contributed by atoms with Gasteiger partial charge in [-0.05, 0) is 77.0 Å². The average molecular weight is 1070 g/mol. The maximum Gasteiger partial charge on any atom is 3.00 e. The van der Waals surface area contributed by atoms with Crippen molar-refractivity contribution in [2.45, 2.75) is 255 Å². The largest absolute Gasteiger partial charge is 3.00 e. The molecular formula is C45H96NdO12P3. The fourth-order valence-electron chi connectivity index (χ4n) is 6.24. The Morgan fingerprint density at radius 1 is 0.361 bits per heavy atom. The molecule has 0 saturated heterocycles. The van der Waals surface area contributed by atoms with E-state index in [4.69, 9.17) is 27.1 Å². The molecule has 12 nitrogen and oxygen atoms in total. The molecule has 0 aromatic carbocycles. The van der Waals surface area contributed by atoms with E-state index in [0.29, 0.717) is 17.8 Å². The minimum absolute atomic E-state index is 0. The molecule has 0 heterocycles. The molecule has 0 N–H and O–H groups in total. The van der Waals surface area contributed by atoms with Crippen LogP contribution in [0.2, 0.25) is 0 Å². The first kappa shape index (κ1) is 69.3. The molecule has 0 aromatic heterocycles. The maximum atomic E-state index is 11.8. The number of rotatable bonds is 39. The molecule has 1 radical (unpaired) electrons. The number of phosphoric acid groups is 3. The molecule has 0 spiro atoms. The van der Waals surface area contributed by atoms with E-state index in [1.165, 1.54) is 0 Å². The van der Waals surface area contributed by atoms with E-state index >= 15 is 0 Å². The summed E-state index contributed by atoms with van der Waals surface area (Å²) in [5.41, 5.74) is 0. The van der Waals surface area contributed by atoms with Crippen molar-refractivity contribution in [3.05, 3.63) is 0 Å². The van der Waals surface area contributed by atoms with E-state index < -0.39 is 23.5 Å². The van der Waals surface area contributed by atoms with Crippen LogP contribution in [0.4, 0.5) is 0 Å². The minimum Gasteiger partial charge on any atom is -0.756 e. The van der Waals surface area contributed by atoms with E-state index in [1.54, 1.807) is 20.8 Å². The second-order valence-corrected chi connectivity index (χ2v) is 20.8. The van der Waals surface area contributed by atoms with Gasteiger partial charge < -0.3 is 41.8 Å². The van der Waals surface area contributed by atoms with Crippen LogP contribution in [0.3, 0.4) is 0 Å². The van der Waals surface area contributed by atoms with Gasteiger partial charge in [-0.15, -0.1) is 0 Å². The quantitative estimate of drug-likeness (QED) is 0.0421. The van der Waals surface area contributed by atoms with Gasteiger partial charge in [-0.25, -0.2) is 0 Å². The molecule has 0 aliphatic carbocycles. The van der Waals surface area contributed by atoms with E-state index in [0.717, 1.165) is 154 Å². The van der Waals surface area contributed by atoms with Crippen molar-refractivity contribution in [1.82, 2.24) is 0 Å². The zero-order chi connectivity index (χ0) is 46.3. The summed E-state index contributed by atoms with van der Waals surface area (Å²) in [6.07, 6.45) is 23.6. The molecule has 0 rings (SSSR count). The van der Waals surface area contributed by atoms with Crippen LogP contribution < -0.4 is 14.7 Å². The molecule has 0 bridgehead atoms. The predicted octanol–water partition coefficient (Wildman–Crippen LogP) is 14.0. The molecule has 0 saturated carbocycles. The molecule has 9 atom stereocenters. The van der Waals surface area contributed by atoms with Gasteiger partial charge in [0.15, 0.2) is 0 Å². The monoisotopic (exact) mass is 1060 g/mol. The fourth-order valence-corrected chi connectivity index (χ4v) is 9.24. The zero-order valence-electron chi connectivity index (χ0n) is 41.3. The van der Waals surface area contributed by atoms with Crippen LogP contribution in [0.25, 0.3) is 0 Å². The van der Waals surface area contributed by atoms with Crippen molar-refractivity contribution in [2.75, 3.05) is 19.8 Å². The minimum atomic E-state index is -4.15. The Bertz CT molecular complexity index is 948. The first-order valence-corrected chi connectivity index (χ1v) is 28.6. The molecule has 367 valence electrons. The summed E-state index contributed by atoms with van der Waals surface area (Å²) in [4.78, 5) is 35.3. The van der Waals surface area contributed by atoms with Gasteiger partial charge in [0, 0.05) is 0 Å². The van der Waals surface area contributed by atoms with Gasteiger partial charge >= 0.3 is 40.8 Å². The van der Waals surface area contributed by atoms with Crippen molar-refractivity contribution < 1.29 is 96.4 Å². The SMILES string of the molecule is CCCCCC(C)OP(=O)([O-])OCC(CC)CCCC.CCCCCC(C)OP(=O)([O-])OCC(CC)CCCC.CCCCCC(C)OP(=O)([O-])OCC(CC)CCCC.[Nd+3]. The van der Waals surface area contributed by atoms with Gasteiger partial charge in [-0.3, -0.25) is 13.7 Å². The van der Waals surface area contributed by atoms with Crippen molar-refractivity contribution in [3.63, 3.8) is 0 Å². The Labute approximate surface area is 410 Å². The maximum absolute atomic E-state index is 11.8. The second-order valence-electron chi connectivity index (χ2n) is 16.7. The van der Waals surface area contributed by atoms with Gasteiger partial charge in [0.25, 0.3) is 23.5 Å². The van der Waals surface area contributed by atoms with Gasteiger partial charge in [-0.2, -0.15) is 0 Å². The van der Waals surface area contributed by atoms with Crippen molar-refractivity contribution in [1.29, 1.82) is 0 Å². The summed E-state index contributed by atoms with van der Waals surface area (Å²) < 4.78 is 65.5. The number of hydrogen-bond acceptors (Lipinski definition) is 12. The molecule has 0 aliphatic heterocycles. The number of phosphoric ester groups is 3.